The van der Waals surface area contributed by atoms with Gasteiger partial charge in [0.05, 0.1) is 5.69 Å². The number of aryl methyl sites for hydroxylation is 2. The molecule has 0 aliphatic rings. The third-order valence-corrected chi connectivity index (χ3v) is 3.78. The Hall–Kier alpha value is -2.87. The summed E-state index contributed by atoms with van der Waals surface area (Å²) < 4.78 is 6.04. The van der Waals surface area contributed by atoms with E-state index in [9.17, 15) is 0 Å². The van der Waals surface area contributed by atoms with Gasteiger partial charge in [0.15, 0.2) is 0 Å². The summed E-state index contributed by atoms with van der Waals surface area (Å²) in [6.45, 7) is 4.65. The lowest BCUT2D eigenvalue weighted by Crippen LogP contribution is -2.06. The molecule has 0 amide bonds. The molecule has 0 aliphatic carbocycles. The molecule has 0 bridgehead atoms. The van der Waals surface area contributed by atoms with Gasteiger partial charge in [0.2, 0.25) is 5.90 Å². The average Bonchev–Trinajstić information content (AvgIpc) is 2.62. The molecular weight excluding hydrogens is 294 g/mol. The van der Waals surface area contributed by atoms with E-state index in [4.69, 9.17) is 9.73 Å². The van der Waals surface area contributed by atoms with Gasteiger partial charge in [0, 0.05) is 5.56 Å². The van der Waals surface area contributed by atoms with Crippen LogP contribution in [0.5, 0.6) is 0 Å². The molecule has 3 aromatic rings. The Kier molecular flexibility index (Phi) is 5.07. The first kappa shape index (κ1) is 16.0. The van der Waals surface area contributed by atoms with Crippen molar-refractivity contribution >= 4 is 11.6 Å². The summed E-state index contributed by atoms with van der Waals surface area (Å²) in [5.74, 6) is 0.639. The van der Waals surface area contributed by atoms with Crippen molar-refractivity contribution in [1.82, 2.24) is 0 Å². The second-order valence-electron chi connectivity index (χ2n) is 5.89. The summed E-state index contributed by atoms with van der Waals surface area (Å²) in [6, 6.07) is 26.5. The zero-order chi connectivity index (χ0) is 16.8. The molecule has 120 valence electrons. The Bertz CT molecular complexity index is 803. The Labute approximate surface area is 143 Å². The first-order valence-electron chi connectivity index (χ1n) is 8.10. The lowest BCUT2D eigenvalue weighted by molar-refractivity contribution is 0.294. The Morgan fingerprint density at radius 1 is 0.750 bits per heavy atom. The molecule has 0 aromatic heterocycles. The van der Waals surface area contributed by atoms with Gasteiger partial charge in [0.25, 0.3) is 0 Å². The molecule has 0 radical (unpaired) electrons. The van der Waals surface area contributed by atoms with Gasteiger partial charge in [-0.25, -0.2) is 4.99 Å². The van der Waals surface area contributed by atoms with Gasteiger partial charge in [-0.1, -0.05) is 65.7 Å². The van der Waals surface area contributed by atoms with Crippen molar-refractivity contribution in [3.05, 3.63) is 101 Å². The van der Waals surface area contributed by atoms with Crippen LogP contribution >= 0.6 is 0 Å². The lowest BCUT2D eigenvalue weighted by Gasteiger charge is -2.10. The number of hydrogen-bond donors (Lipinski definition) is 0. The highest BCUT2D eigenvalue weighted by molar-refractivity contribution is 5.95. The molecule has 0 heterocycles. The quantitative estimate of drug-likeness (QED) is 0.454. The fourth-order valence-electron chi connectivity index (χ4n) is 2.33. The van der Waals surface area contributed by atoms with Crippen LogP contribution in [0.4, 0.5) is 5.69 Å². The van der Waals surface area contributed by atoms with E-state index in [1.54, 1.807) is 0 Å². The summed E-state index contributed by atoms with van der Waals surface area (Å²) in [6.07, 6.45) is 0. The maximum Gasteiger partial charge on any atom is 0.221 e. The Morgan fingerprint density at radius 2 is 1.33 bits per heavy atom. The molecule has 0 saturated heterocycles. The van der Waals surface area contributed by atoms with Crippen LogP contribution in [0.1, 0.15) is 22.3 Å². The molecule has 24 heavy (non-hydrogen) atoms. The summed E-state index contributed by atoms with van der Waals surface area (Å²) in [5, 5.41) is 0. The minimum Gasteiger partial charge on any atom is -0.472 e. The van der Waals surface area contributed by atoms with Gasteiger partial charge >= 0.3 is 0 Å². The Balaban J connectivity index is 1.84. The van der Waals surface area contributed by atoms with E-state index in [1.807, 2.05) is 42.5 Å². The van der Waals surface area contributed by atoms with Crippen LogP contribution < -0.4 is 0 Å². The van der Waals surface area contributed by atoms with Crippen LogP contribution in [-0.2, 0) is 11.3 Å². The number of benzene rings is 3. The van der Waals surface area contributed by atoms with Gasteiger partial charge in [0.1, 0.15) is 6.61 Å². The Morgan fingerprint density at radius 3 is 1.96 bits per heavy atom. The van der Waals surface area contributed by atoms with Crippen molar-refractivity contribution in [1.29, 1.82) is 0 Å². The molecule has 0 unspecified atom stereocenters. The van der Waals surface area contributed by atoms with Crippen molar-refractivity contribution in [2.45, 2.75) is 20.5 Å². The zero-order valence-electron chi connectivity index (χ0n) is 14.1. The minimum absolute atomic E-state index is 0.500. The molecule has 0 spiro atoms. The fraction of sp³-hybridized carbons (Fsp3) is 0.136. The number of aliphatic imine (C=N–C) groups is 1. The maximum absolute atomic E-state index is 6.04. The largest absolute Gasteiger partial charge is 0.472 e. The van der Waals surface area contributed by atoms with Gasteiger partial charge < -0.3 is 4.74 Å². The van der Waals surface area contributed by atoms with Crippen molar-refractivity contribution < 1.29 is 4.74 Å². The van der Waals surface area contributed by atoms with Crippen LogP contribution in [0.25, 0.3) is 0 Å². The third-order valence-electron chi connectivity index (χ3n) is 3.78. The van der Waals surface area contributed by atoms with E-state index < -0.39 is 0 Å². The molecule has 2 heteroatoms. The molecule has 0 fully saturated rings. The lowest BCUT2D eigenvalue weighted by atomic mass is 10.1. The summed E-state index contributed by atoms with van der Waals surface area (Å²) in [4.78, 5) is 4.70. The highest BCUT2D eigenvalue weighted by Gasteiger charge is 2.06. The average molecular weight is 315 g/mol. The number of rotatable bonds is 4. The number of ether oxygens (including phenoxy) is 1. The predicted molar refractivity (Wildman–Crippen MR) is 99.8 cm³/mol. The fourth-order valence-corrected chi connectivity index (χ4v) is 2.33. The smallest absolute Gasteiger partial charge is 0.221 e. The first-order valence-corrected chi connectivity index (χ1v) is 8.10. The first-order chi connectivity index (χ1) is 11.7. The topological polar surface area (TPSA) is 21.6 Å². The van der Waals surface area contributed by atoms with Crippen LogP contribution in [0.3, 0.4) is 0 Å². The normalized spacial score (nSPS) is 11.3. The van der Waals surface area contributed by atoms with E-state index in [-0.39, 0.29) is 0 Å². The van der Waals surface area contributed by atoms with E-state index in [2.05, 4.69) is 50.2 Å². The van der Waals surface area contributed by atoms with Crippen molar-refractivity contribution in [3.8, 4) is 0 Å². The molecule has 0 atom stereocenters. The third kappa shape index (κ3) is 4.32. The van der Waals surface area contributed by atoms with Crippen molar-refractivity contribution in [2.75, 3.05) is 0 Å². The molecule has 2 nitrogen and oxygen atoms in total. The van der Waals surface area contributed by atoms with Crippen molar-refractivity contribution in [2.24, 2.45) is 4.99 Å². The van der Waals surface area contributed by atoms with E-state index >= 15 is 0 Å². The molecule has 0 aliphatic heterocycles. The van der Waals surface area contributed by atoms with E-state index in [0.29, 0.717) is 12.5 Å². The molecule has 0 saturated carbocycles. The van der Waals surface area contributed by atoms with Crippen LogP contribution in [0.2, 0.25) is 0 Å². The SMILES string of the molecule is Cc1ccc(COC(=Nc2ccc(C)cc2)c2ccccc2)cc1. The molecule has 0 N–H and O–H groups in total. The molecule has 3 aromatic carbocycles. The second kappa shape index (κ2) is 7.60. The number of hydrogen-bond acceptors (Lipinski definition) is 2. The number of nitrogens with zero attached hydrogens (tertiary/aromatic N) is 1. The summed E-state index contributed by atoms with van der Waals surface area (Å²) in [5.41, 5.74) is 5.47. The predicted octanol–water partition coefficient (Wildman–Crippen LogP) is 5.60. The summed E-state index contributed by atoms with van der Waals surface area (Å²) >= 11 is 0. The van der Waals surface area contributed by atoms with Gasteiger partial charge in [-0.15, -0.1) is 0 Å². The molecule has 3 rings (SSSR count). The van der Waals surface area contributed by atoms with E-state index in [1.165, 1.54) is 11.1 Å². The monoisotopic (exact) mass is 315 g/mol. The summed E-state index contributed by atoms with van der Waals surface area (Å²) in [7, 11) is 0. The van der Waals surface area contributed by atoms with Gasteiger partial charge in [-0.05, 0) is 43.7 Å². The van der Waals surface area contributed by atoms with Crippen LogP contribution in [0, 0.1) is 13.8 Å². The van der Waals surface area contributed by atoms with Gasteiger partial charge in [-0.2, -0.15) is 0 Å². The highest BCUT2D eigenvalue weighted by atomic mass is 16.5. The second-order valence-corrected chi connectivity index (χ2v) is 5.89. The van der Waals surface area contributed by atoms with Crippen LogP contribution in [0.15, 0.2) is 83.9 Å². The van der Waals surface area contributed by atoms with E-state index in [0.717, 1.165) is 16.8 Å². The standard InChI is InChI=1S/C22H21NO/c1-17-8-12-19(13-9-17)16-24-22(20-6-4-3-5-7-20)23-21-14-10-18(2)11-15-21/h3-15H,16H2,1-2H3. The van der Waals surface area contributed by atoms with Crippen LogP contribution in [-0.4, -0.2) is 5.90 Å². The highest BCUT2D eigenvalue weighted by Crippen LogP contribution is 2.16. The zero-order valence-corrected chi connectivity index (χ0v) is 14.1. The van der Waals surface area contributed by atoms with Crippen molar-refractivity contribution in [3.63, 3.8) is 0 Å². The molecular formula is C22H21NO. The maximum atomic E-state index is 6.04. The minimum atomic E-state index is 0.500. The van der Waals surface area contributed by atoms with Gasteiger partial charge in [-0.3, -0.25) is 0 Å².